The van der Waals surface area contributed by atoms with Gasteiger partial charge in [0.15, 0.2) is 0 Å². The summed E-state index contributed by atoms with van der Waals surface area (Å²) >= 11 is 0. The van der Waals surface area contributed by atoms with Gasteiger partial charge in [0.05, 0.1) is 5.69 Å². The molecular weight excluding hydrogens is 224 g/mol. The van der Waals surface area contributed by atoms with E-state index in [4.69, 9.17) is 9.52 Å². The van der Waals surface area contributed by atoms with Gasteiger partial charge in [-0.1, -0.05) is 0 Å². The van der Waals surface area contributed by atoms with Gasteiger partial charge in [0.1, 0.15) is 12.7 Å². The Labute approximate surface area is 99.2 Å². The Kier molecular flexibility index (Phi) is 4.68. The summed E-state index contributed by atoms with van der Waals surface area (Å²) in [5, 5.41) is 8.47. The molecule has 1 aromatic rings. The summed E-state index contributed by atoms with van der Waals surface area (Å²) in [5.41, 5.74) is 0.737. The molecule has 1 rings (SSSR count). The summed E-state index contributed by atoms with van der Waals surface area (Å²) in [7, 11) is 1.64. The van der Waals surface area contributed by atoms with Gasteiger partial charge in [-0.15, -0.1) is 0 Å². The fourth-order valence-electron chi connectivity index (χ4n) is 1.34. The van der Waals surface area contributed by atoms with Crippen molar-refractivity contribution in [2.75, 3.05) is 13.6 Å². The van der Waals surface area contributed by atoms with E-state index in [-0.39, 0.29) is 18.7 Å². The van der Waals surface area contributed by atoms with Gasteiger partial charge in [0.25, 0.3) is 0 Å². The van der Waals surface area contributed by atoms with Crippen LogP contribution in [0.4, 0.5) is 0 Å². The number of aliphatic carboxylic acids is 1. The molecule has 0 fully saturated rings. The number of nitrogens with zero attached hydrogens (tertiary/aromatic N) is 2. The number of rotatable bonds is 6. The number of amides is 1. The van der Waals surface area contributed by atoms with Gasteiger partial charge in [-0.05, 0) is 13.3 Å². The van der Waals surface area contributed by atoms with E-state index < -0.39 is 5.97 Å². The lowest BCUT2D eigenvalue weighted by Gasteiger charge is -2.15. The van der Waals surface area contributed by atoms with E-state index in [9.17, 15) is 9.59 Å². The van der Waals surface area contributed by atoms with Crippen LogP contribution in [0.3, 0.4) is 0 Å². The predicted octanol–water partition coefficient (Wildman–Crippen LogP) is 0.849. The van der Waals surface area contributed by atoms with Crippen molar-refractivity contribution in [3.05, 3.63) is 17.8 Å². The maximum absolute atomic E-state index is 11.7. The van der Waals surface area contributed by atoms with Crippen LogP contribution in [0.2, 0.25) is 0 Å². The minimum atomic E-state index is -0.853. The Morgan fingerprint density at radius 1 is 1.53 bits per heavy atom. The van der Waals surface area contributed by atoms with E-state index in [1.165, 1.54) is 11.2 Å². The molecule has 17 heavy (non-hydrogen) atoms. The molecule has 0 bridgehead atoms. The highest BCUT2D eigenvalue weighted by molar-refractivity contribution is 5.77. The fraction of sp³-hybridized carbons (Fsp3) is 0.545. The minimum Gasteiger partial charge on any atom is -0.481 e. The third kappa shape index (κ3) is 4.67. The fourth-order valence-corrected chi connectivity index (χ4v) is 1.34. The number of hydrogen-bond donors (Lipinski definition) is 1. The molecule has 0 aliphatic rings. The molecule has 0 aromatic carbocycles. The number of aryl methyl sites for hydroxylation is 1. The van der Waals surface area contributed by atoms with Crippen LogP contribution in [0, 0.1) is 6.92 Å². The van der Waals surface area contributed by atoms with E-state index in [2.05, 4.69) is 4.98 Å². The van der Waals surface area contributed by atoms with Crippen molar-refractivity contribution >= 4 is 11.9 Å². The lowest BCUT2D eigenvalue weighted by molar-refractivity contribution is -0.138. The van der Waals surface area contributed by atoms with E-state index in [0.717, 1.165) is 5.69 Å². The quantitative estimate of drug-likeness (QED) is 0.796. The van der Waals surface area contributed by atoms with Crippen molar-refractivity contribution in [2.24, 2.45) is 0 Å². The maximum atomic E-state index is 11.7. The second kappa shape index (κ2) is 6.03. The monoisotopic (exact) mass is 240 g/mol. The van der Waals surface area contributed by atoms with E-state index in [1.807, 2.05) is 0 Å². The zero-order valence-electron chi connectivity index (χ0n) is 9.97. The molecule has 94 valence electrons. The van der Waals surface area contributed by atoms with Crippen LogP contribution in [0.1, 0.15) is 24.4 Å². The second-order valence-electron chi connectivity index (χ2n) is 3.87. The van der Waals surface area contributed by atoms with Crippen LogP contribution in [0.5, 0.6) is 0 Å². The molecule has 0 aliphatic carbocycles. The molecule has 0 radical (unpaired) electrons. The number of hydrogen-bond acceptors (Lipinski definition) is 4. The lowest BCUT2D eigenvalue weighted by Crippen LogP contribution is -2.29. The molecule has 1 amide bonds. The first-order valence-electron chi connectivity index (χ1n) is 5.36. The number of carbonyl (C=O) groups excluding carboxylic acids is 1. The third-order valence-electron chi connectivity index (χ3n) is 2.28. The Balaban J connectivity index is 2.34. The van der Waals surface area contributed by atoms with Crippen LogP contribution in [-0.4, -0.2) is 40.5 Å². The first-order chi connectivity index (χ1) is 7.99. The first-order valence-corrected chi connectivity index (χ1v) is 5.36. The van der Waals surface area contributed by atoms with Gasteiger partial charge < -0.3 is 14.4 Å². The molecule has 6 heteroatoms. The lowest BCUT2D eigenvalue weighted by atomic mass is 10.3. The van der Waals surface area contributed by atoms with Gasteiger partial charge in [0.2, 0.25) is 11.8 Å². The Bertz CT molecular complexity index is 400. The highest BCUT2D eigenvalue weighted by atomic mass is 16.4. The normalized spacial score (nSPS) is 10.2. The van der Waals surface area contributed by atoms with Crippen LogP contribution >= 0.6 is 0 Å². The number of oxazole rings is 1. The van der Waals surface area contributed by atoms with Gasteiger partial charge in [-0.3, -0.25) is 9.59 Å². The molecule has 0 spiro atoms. The Morgan fingerprint density at radius 3 is 2.76 bits per heavy atom. The maximum Gasteiger partial charge on any atom is 0.303 e. The van der Waals surface area contributed by atoms with Crippen molar-refractivity contribution in [1.82, 2.24) is 9.88 Å². The summed E-state index contributed by atoms with van der Waals surface area (Å²) in [6, 6.07) is 0. The second-order valence-corrected chi connectivity index (χ2v) is 3.87. The summed E-state index contributed by atoms with van der Waals surface area (Å²) in [5.74, 6) is -0.594. The van der Waals surface area contributed by atoms with Crippen molar-refractivity contribution < 1.29 is 19.1 Å². The largest absolute Gasteiger partial charge is 0.481 e. The molecular formula is C11H16N2O4. The van der Waals surface area contributed by atoms with Crippen molar-refractivity contribution in [1.29, 1.82) is 0 Å². The molecule has 0 saturated heterocycles. The van der Waals surface area contributed by atoms with Gasteiger partial charge >= 0.3 is 5.97 Å². The summed E-state index contributed by atoms with van der Waals surface area (Å²) < 4.78 is 5.08. The molecule has 0 unspecified atom stereocenters. The zero-order valence-corrected chi connectivity index (χ0v) is 9.97. The number of aromatic nitrogens is 1. The van der Waals surface area contributed by atoms with Gasteiger partial charge in [-0.25, -0.2) is 4.98 Å². The standard InChI is InChI=1S/C11H16N2O4/c1-8-7-17-9(12-8)6-10(14)13(2)5-3-4-11(15)16/h7H,3-6H2,1-2H3,(H,15,16). The smallest absolute Gasteiger partial charge is 0.303 e. The van der Waals surface area contributed by atoms with E-state index in [0.29, 0.717) is 18.9 Å². The topological polar surface area (TPSA) is 83.6 Å². The molecule has 0 aliphatic heterocycles. The third-order valence-corrected chi connectivity index (χ3v) is 2.28. The highest BCUT2D eigenvalue weighted by Gasteiger charge is 2.13. The predicted molar refractivity (Wildman–Crippen MR) is 59.5 cm³/mol. The number of carbonyl (C=O) groups is 2. The van der Waals surface area contributed by atoms with Crippen LogP contribution in [0.15, 0.2) is 10.7 Å². The Morgan fingerprint density at radius 2 is 2.24 bits per heavy atom. The van der Waals surface area contributed by atoms with Crippen molar-refractivity contribution in [3.63, 3.8) is 0 Å². The molecule has 1 N–H and O–H groups in total. The molecule has 0 saturated carbocycles. The van der Waals surface area contributed by atoms with Crippen molar-refractivity contribution in [2.45, 2.75) is 26.2 Å². The van der Waals surface area contributed by atoms with Crippen molar-refractivity contribution in [3.8, 4) is 0 Å². The molecule has 6 nitrogen and oxygen atoms in total. The summed E-state index contributed by atoms with van der Waals surface area (Å²) in [6.45, 7) is 2.21. The average molecular weight is 240 g/mol. The number of likely N-dealkylation sites (N-methyl/N-ethyl adjacent to an activating group) is 1. The zero-order chi connectivity index (χ0) is 12.8. The molecule has 1 aromatic heterocycles. The van der Waals surface area contributed by atoms with Crippen LogP contribution in [0.25, 0.3) is 0 Å². The van der Waals surface area contributed by atoms with Crippen LogP contribution in [-0.2, 0) is 16.0 Å². The average Bonchev–Trinajstić information content (AvgIpc) is 2.63. The highest BCUT2D eigenvalue weighted by Crippen LogP contribution is 2.03. The summed E-state index contributed by atoms with van der Waals surface area (Å²) in [6.07, 6.45) is 2.11. The number of carboxylic acids is 1. The Hall–Kier alpha value is -1.85. The van der Waals surface area contributed by atoms with E-state index in [1.54, 1.807) is 14.0 Å². The number of carboxylic acid groups (broad SMARTS) is 1. The summed E-state index contributed by atoms with van der Waals surface area (Å²) in [4.78, 5) is 27.5. The first kappa shape index (κ1) is 13.2. The minimum absolute atomic E-state index is 0.0652. The molecule has 0 atom stereocenters. The van der Waals surface area contributed by atoms with Gasteiger partial charge in [0, 0.05) is 20.0 Å². The van der Waals surface area contributed by atoms with Crippen LogP contribution < -0.4 is 0 Å². The SMILES string of the molecule is Cc1coc(CC(=O)N(C)CCCC(=O)O)n1. The molecule has 1 heterocycles. The van der Waals surface area contributed by atoms with E-state index >= 15 is 0 Å². The van der Waals surface area contributed by atoms with Gasteiger partial charge in [-0.2, -0.15) is 0 Å².